The lowest BCUT2D eigenvalue weighted by Gasteiger charge is -2.10. The highest BCUT2D eigenvalue weighted by Crippen LogP contribution is 2.38. The van der Waals surface area contributed by atoms with Crippen molar-refractivity contribution < 1.29 is 8.42 Å². The fourth-order valence-corrected chi connectivity index (χ4v) is 5.13. The standard InChI is InChI=1S/C21H18N2O2S/c1-14-11-12-16(22)13-19(14)26(24,25)21-17-9-5-6-10-18(17)23-20(21)15-7-3-2-4-8-15/h2-13,23H,22H2,1H3. The SMILES string of the molecule is Cc1ccc(N)cc1S(=O)(=O)c1c(-c2ccccc2)[nH]c2ccccc12. The minimum Gasteiger partial charge on any atom is -0.399 e. The fourth-order valence-electron chi connectivity index (χ4n) is 3.22. The summed E-state index contributed by atoms with van der Waals surface area (Å²) in [6.45, 7) is 1.78. The molecule has 3 N–H and O–H groups in total. The molecule has 0 atom stereocenters. The summed E-state index contributed by atoms with van der Waals surface area (Å²) in [5, 5.41) is 0.674. The summed E-state index contributed by atoms with van der Waals surface area (Å²) in [4.78, 5) is 3.80. The molecule has 0 aliphatic carbocycles. The first-order chi connectivity index (χ1) is 12.5. The van der Waals surface area contributed by atoms with E-state index >= 15 is 0 Å². The van der Waals surface area contributed by atoms with Gasteiger partial charge in [-0.25, -0.2) is 8.42 Å². The highest BCUT2D eigenvalue weighted by Gasteiger charge is 2.28. The van der Waals surface area contributed by atoms with E-state index in [0.29, 0.717) is 22.3 Å². The van der Waals surface area contributed by atoms with Gasteiger partial charge in [0, 0.05) is 16.6 Å². The van der Waals surface area contributed by atoms with Crippen LogP contribution in [0, 0.1) is 6.92 Å². The normalized spacial score (nSPS) is 11.7. The maximum absolute atomic E-state index is 13.6. The molecule has 5 heteroatoms. The number of fused-ring (bicyclic) bond motifs is 1. The average Bonchev–Trinajstić information content (AvgIpc) is 3.05. The lowest BCUT2D eigenvalue weighted by Crippen LogP contribution is -2.06. The molecule has 130 valence electrons. The highest BCUT2D eigenvalue weighted by atomic mass is 32.2. The summed E-state index contributed by atoms with van der Waals surface area (Å²) in [5.74, 6) is 0. The molecule has 0 fully saturated rings. The van der Waals surface area contributed by atoms with Crippen molar-refractivity contribution >= 4 is 26.4 Å². The van der Waals surface area contributed by atoms with Crippen LogP contribution in [-0.4, -0.2) is 13.4 Å². The minimum absolute atomic E-state index is 0.236. The van der Waals surface area contributed by atoms with Gasteiger partial charge in [-0.1, -0.05) is 54.6 Å². The smallest absolute Gasteiger partial charge is 0.209 e. The van der Waals surface area contributed by atoms with Crippen molar-refractivity contribution in [1.82, 2.24) is 4.98 Å². The fraction of sp³-hybridized carbons (Fsp3) is 0.0476. The summed E-state index contributed by atoms with van der Waals surface area (Å²) >= 11 is 0. The van der Waals surface area contributed by atoms with Gasteiger partial charge in [0.25, 0.3) is 0 Å². The number of hydrogen-bond donors (Lipinski definition) is 2. The number of nitrogens with two attached hydrogens (primary N) is 1. The Kier molecular flexibility index (Phi) is 3.81. The third-order valence-electron chi connectivity index (χ3n) is 4.49. The number of hydrogen-bond acceptors (Lipinski definition) is 3. The van der Waals surface area contributed by atoms with Gasteiger partial charge in [0.05, 0.1) is 10.6 Å². The Morgan fingerprint density at radius 1 is 0.885 bits per heavy atom. The van der Waals surface area contributed by atoms with Crippen molar-refractivity contribution in [3.63, 3.8) is 0 Å². The van der Waals surface area contributed by atoms with Crippen LogP contribution < -0.4 is 5.73 Å². The van der Waals surface area contributed by atoms with Gasteiger partial charge in [0.15, 0.2) is 0 Å². The summed E-state index contributed by atoms with van der Waals surface area (Å²) in [7, 11) is -3.77. The van der Waals surface area contributed by atoms with Crippen molar-refractivity contribution in [2.24, 2.45) is 0 Å². The summed E-state index contributed by atoms with van der Waals surface area (Å²) < 4.78 is 27.2. The number of sulfone groups is 1. The second-order valence-electron chi connectivity index (χ2n) is 6.27. The van der Waals surface area contributed by atoms with Crippen LogP contribution >= 0.6 is 0 Å². The number of aromatic nitrogens is 1. The number of aromatic amines is 1. The molecule has 1 heterocycles. The third-order valence-corrected chi connectivity index (χ3v) is 6.47. The molecule has 4 aromatic rings. The first kappa shape index (κ1) is 16.4. The third kappa shape index (κ3) is 2.57. The summed E-state index contributed by atoms with van der Waals surface area (Å²) in [6, 6.07) is 21.9. The summed E-state index contributed by atoms with van der Waals surface area (Å²) in [5.41, 5.74) is 9.16. The predicted octanol–water partition coefficient (Wildman–Crippen LogP) is 4.56. The van der Waals surface area contributed by atoms with Crippen LogP contribution in [0.2, 0.25) is 0 Å². The molecule has 26 heavy (non-hydrogen) atoms. The Labute approximate surface area is 152 Å². The van der Waals surface area contributed by atoms with Crippen molar-refractivity contribution in [1.29, 1.82) is 0 Å². The molecular weight excluding hydrogens is 344 g/mol. The molecule has 1 aromatic heterocycles. The second kappa shape index (κ2) is 6.04. The van der Waals surface area contributed by atoms with E-state index in [9.17, 15) is 8.42 Å². The number of H-pyrrole nitrogens is 1. The minimum atomic E-state index is -3.77. The maximum Gasteiger partial charge on any atom is 0.209 e. The van der Waals surface area contributed by atoms with Gasteiger partial charge >= 0.3 is 0 Å². The lowest BCUT2D eigenvalue weighted by atomic mass is 10.1. The van der Waals surface area contributed by atoms with Crippen molar-refractivity contribution in [2.75, 3.05) is 5.73 Å². The van der Waals surface area contributed by atoms with Gasteiger partial charge in [-0.3, -0.25) is 0 Å². The first-order valence-electron chi connectivity index (χ1n) is 8.26. The van der Waals surface area contributed by atoms with E-state index in [1.54, 1.807) is 19.1 Å². The van der Waals surface area contributed by atoms with Gasteiger partial charge < -0.3 is 10.7 Å². The zero-order valence-corrected chi connectivity index (χ0v) is 15.0. The van der Waals surface area contributed by atoms with Crippen LogP contribution in [0.3, 0.4) is 0 Å². The first-order valence-corrected chi connectivity index (χ1v) is 9.74. The van der Waals surface area contributed by atoms with E-state index in [4.69, 9.17) is 5.73 Å². The van der Waals surface area contributed by atoms with Crippen LogP contribution in [-0.2, 0) is 9.84 Å². The van der Waals surface area contributed by atoms with Crippen LogP contribution in [0.25, 0.3) is 22.2 Å². The Hall–Kier alpha value is -3.05. The number of para-hydroxylation sites is 1. The molecule has 0 spiro atoms. The predicted molar refractivity (Wildman–Crippen MR) is 105 cm³/mol. The van der Waals surface area contributed by atoms with Crippen LogP contribution in [0.4, 0.5) is 5.69 Å². The molecule has 0 aliphatic heterocycles. The maximum atomic E-state index is 13.6. The summed E-state index contributed by atoms with van der Waals surface area (Å²) in [6.07, 6.45) is 0. The Bertz CT molecular complexity index is 1210. The Morgan fingerprint density at radius 3 is 2.35 bits per heavy atom. The monoisotopic (exact) mass is 362 g/mol. The number of nitrogen functional groups attached to an aromatic ring is 1. The van der Waals surface area contributed by atoms with Crippen LogP contribution in [0.15, 0.2) is 82.6 Å². The molecule has 0 unspecified atom stereocenters. The van der Waals surface area contributed by atoms with E-state index in [1.807, 2.05) is 54.6 Å². The van der Waals surface area contributed by atoms with Gasteiger partial charge in [-0.15, -0.1) is 0 Å². The van der Waals surface area contributed by atoms with Gasteiger partial charge in [0.2, 0.25) is 9.84 Å². The topological polar surface area (TPSA) is 76.0 Å². The van der Waals surface area contributed by atoms with Gasteiger partial charge in [0.1, 0.15) is 4.90 Å². The number of anilines is 1. The molecule has 0 saturated heterocycles. The molecule has 0 amide bonds. The van der Waals surface area contributed by atoms with Gasteiger partial charge in [-0.2, -0.15) is 0 Å². The quantitative estimate of drug-likeness (QED) is 0.525. The van der Waals surface area contributed by atoms with E-state index in [0.717, 1.165) is 11.1 Å². The number of benzene rings is 3. The van der Waals surface area contributed by atoms with Gasteiger partial charge in [-0.05, 0) is 36.2 Å². The van der Waals surface area contributed by atoms with Crippen molar-refractivity contribution in [3.8, 4) is 11.3 Å². The van der Waals surface area contributed by atoms with Crippen molar-refractivity contribution in [3.05, 3.63) is 78.4 Å². The molecular formula is C21H18N2O2S. The number of rotatable bonds is 3. The zero-order valence-electron chi connectivity index (χ0n) is 14.2. The Morgan fingerprint density at radius 2 is 1.58 bits per heavy atom. The molecule has 4 rings (SSSR count). The molecule has 0 radical (unpaired) electrons. The van der Waals surface area contributed by atoms with E-state index < -0.39 is 9.84 Å². The van der Waals surface area contributed by atoms with E-state index in [1.165, 1.54) is 6.07 Å². The van der Waals surface area contributed by atoms with Crippen LogP contribution in [0.5, 0.6) is 0 Å². The lowest BCUT2D eigenvalue weighted by molar-refractivity contribution is 0.596. The van der Waals surface area contributed by atoms with E-state index in [-0.39, 0.29) is 9.79 Å². The number of nitrogens with one attached hydrogen (secondary N) is 1. The molecule has 0 aliphatic rings. The molecule has 3 aromatic carbocycles. The molecule has 0 saturated carbocycles. The average molecular weight is 362 g/mol. The largest absolute Gasteiger partial charge is 0.399 e. The Balaban J connectivity index is 2.09. The number of aryl methyl sites for hydroxylation is 1. The highest BCUT2D eigenvalue weighted by molar-refractivity contribution is 7.92. The van der Waals surface area contributed by atoms with Crippen LogP contribution in [0.1, 0.15) is 5.56 Å². The van der Waals surface area contributed by atoms with Crippen molar-refractivity contribution in [2.45, 2.75) is 16.7 Å². The molecule has 4 nitrogen and oxygen atoms in total. The second-order valence-corrected chi connectivity index (χ2v) is 8.12. The molecule has 0 bridgehead atoms. The zero-order chi connectivity index (χ0) is 18.3. The van der Waals surface area contributed by atoms with E-state index in [2.05, 4.69) is 4.98 Å².